The maximum atomic E-state index is 5.28. The molecule has 0 N–H and O–H groups in total. The van der Waals surface area contributed by atoms with Crippen molar-refractivity contribution in [1.82, 2.24) is 24.5 Å². The molecule has 0 atom stereocenters. The van der Waals surface area contributed by atoms with Gasteiger partial charge in [0.1, 0.15) is 12.5 Å². The summed E-state index contributed by atoms with van der Waals surface area (Å²) < 4.78 is 2.24. The number of fused-ring (bicyclic) bond motifs is 4. The first-order valence-corrected chi connectivity index (χ1v) is 22.3. The second-order valence-electron chi connectivity index (χ2n) is 16.9. The van der Waals surface area contributed by atoms with Crippen LogP contribution in [0.25, 0.3) is 84.0 Å². The molecular weight excluding hydrogens is 807 g/mol. The monoisotopic (exact) mass is 849 g/mol. The molecule has 1 aliphatic heterocycles. The van der Waals surface area contributed by atoms with Crippen molar-refractivity contribution in [3.05, 3.63) is 224 Å². The quantitative estimate of drug-likeness (QED) is 0.152. The van der Waals surface area contributed by atoms with Crippen LogP contribution >= 0.6 is 0 Å². The van der Waals surface area contributed by atoms with E-state index >= 15 is 0 Å². The fourth-order valence-electron chi connectivity index (χ4n) is 9.44. The van der Waals surface area contributed by atoms with Crippen LogP contribution in [0, 0.1) is 13.8 Å². The van der Waals surface area contributed by atoms with Crippen molar-refractivity contribution >= 4 is 44.6 Å². The molecule has 11 aromatic rings. The van der Waals surface area contributed by atoms with E-state index in [9.17, 15) is 0 Å². The number of benzene rings is 8. The summed E-state index contributed by atoms with van der Waals surface area (Å²) in [5.41, 5.74) is 16.3. The number of hydrogen-bond donors (Lipinski definition) is 0. The minimum Gasteiger partial charge on any atom is -0.321 e. The van der Waals surface area contributed by atoms with E-state index in [4.69, 9.17) is 19.9 Å². The Hall–Kier alpha value is -8.68. The highest BCUT2D eigenvalue weighted by Gasteiger charge is 2.31. The summed E-state index contributed by atoms with van der Waals surface area (Å²) in [5, 5.41) is 2.30. The summed E-state index contributed by atoms with van der Waals surface area (Å²) >= 11 is 0. The van der Waals surface area contributed by atoms with Crippen molar-refractivity contribution in [2.75, 3.05) is 16.5 Å². The molecular formula is C59H43N7. The van der Waals surface area contributed by atoms with Crippen LogP contribution in [0.2, 0.25) is 0 Å². The molecule has 0 aliphatic carbocycles. The molecule has 0 fully saturated rings. The Morgan fingerprint density at radius 2 is 0.955 bits per heavy atom. The maximum absolute atomic E-state index is 5.28. The van der Waals surface area contributed by atoms with Crippen LogP contribution in [0.4, 0.5) is 22.7 Å². The number of aryl methyl sites for hydroxylation is 2. The van der Waals surface area contributed by atoms with Gasteiger partial charge in [0.2, 0.25) is 0 Å². The summed E-state index contributed by atoms with van der Waals surface area (Å²) in [6.45, 7) is 4.80. The first-order chi connectivity index (χ1) is 32.5. The predicted octanol–water partition coefficient (Wildman–Crippen LogP) is 14.6. The van der Waals surface area contributed by atoms with Crippen LogP contribution in [0.3, 0.4) is 0 Å². The Labute approximate surface area is 383 Å². The molecule has 66 heavy (non-hydrogen) atoms. The predicted molar refractivity (Wildman–Crippen MR) is 271 cm³/mol. The molecule has 0 saturated heterocycles. The van der Waals surface area contributed by atoms with Crippen LogP contribution in [-0.2, 0) is 0 Å². The molecule has 4 heterocycles. The second kappa shape index (κ2) is 16.1. The number of pyridine rings is 1. The minimum atomic E-state index is 0.598. The van der Waals surface area contributed by atoms with Crippen molar-refractivity contribution in [3.8, 4) is 62.2 Å². The molecule has 0 bridgehead atoms. The zero-order chi connectivity index (χ0) is 44.1. The van der Waals surface area contributed by atoms with E-state index in [0.717, 1.165) is 66.9 Å². The Morgan fingerprint density at radius 3 is 1.65 bits per heavy atom. The molecule has 12 rings (SSSR count). The minimum absolute atomic E-state index is 0.598. The van der Waals surface area contributed by atoms with Crippen LogP contribution in [0.5, 0.6) is 0 Å². The molecule has 0 saturated carbocycles. The maximum Gasteiger partial charge on any atom is 0.164 e. The van der Waals surface area contributed by atoms with Crippen molar-refractivity contribution in [2.24, 2.45) is 0 Å². The van der Waals surface area contributed by atoms with Gasteiger partial charge in [0.05, 0.1) is 28.1 Å². The van der Waals surface area contributed by atoms with Crippen molar-refractivity contribution in [2.45, 2.75) is 13.8 Å². The van der Waals surface area contributed by atoms with E-state index in [1.54, 1.807) is 0 Å². The molecule has 0 unspecified atom stereocenters. The summed E-state index contributed by atoms with van der Waals surface area (Å²) in [7, 11) is 0. The van der Waals surface area contributed by atoms with Gasteiger partial charge >= 0.3 is 0 Å². The molecule has 7 nitrogen and oxygen atoms in total. The van der Waals surface area contributed by atoms with Gasteiger partial charge in [0, 0.05) is 50.5 Å². The SMILES string of the molecule is Cc1ccc(-c2nc(-c3cccc(N4CN(c5c(-c6ccccc6)cccc5-c5ccccc5)c5ccccc54)c3)nc(-c3ccc4c5ccccc5n(-c5cc(C)ccn5)c4c3)n2)cc1. The largest absolute Gasteiger partial charge is 0.321 e. The smallest absolute Gasteiger partial charge is 0.164 e. The number of nitrogens with zero attached hydrogens (tertiary/aromatic N) is 7. The average Bonchev–Trinajstić information content (AvgIpc) is 3.93. The second-order valence-corrected chi connectivity index (χ2v) is 16.9. The van der Waals surface area contributed by atoms with Gasteiger partial charge in [-0.25, -0.2) is 19.9 Å². The Morgan fingerprint density at radius 1 is 0.394 bits per heavy atom. The molecule has 3 aromatic heterocycles. The number of hydrogen-bond acceptors (Lipinski definition) is 6. The van der Waals surface area contributed by atoms with E-state index in [1.165, 1.54) is 33.5 Å². The lowest BCUT2D eigenvalue weighted by atomic mass is 9.95. The average molecular weight is 850 g/mol. The van der Waals surface area contributed by atoms with Gasteiger partial charge in [-0.1, -0.05) is 163 Å². The molecule has 0 amide bonds. The van der Waals surface area contributed by atoms with Crippen LogP contribution in [0.15, 0.2) is 212 Å². The van der Waals surface area contributed by atoms with E-state index in [0.29, 0.717) is 24.1 Å². The number of para-hydroxylation sites is 4. The van der Waals surface area contributed by atoms with E-state index in [-0.39, 0.29) is 0 Å². The lowest BCUT2D eigenvalue weighted by Gasteiger charge is -2.27. The number of rotatable bonds is 8. The van der Waals surface area contributed by atoms with Gasteiger partial charge in [-0.3, -0.25) is 4.57 Å². The van der Waals surface area contributed by atoms with Crippen LogP contribution < -0.4 is 9.80 Å². The van der Waals surface area contributed by atoms with Crippen molar-refractivity contribution in [3.63, 3.8) is 0 Å². The highest BCUT2D eigenvalue weighted by Crippen LogP contribution is 2.50. The zero-order valence-corrected chi connectivity index (χ0v) is 36.5. The lowest BCUT2D eigenvalue weighted by molar-refractivity contribution is 0.992. The Balaban J connectivity index is 0.990. The van der Waals surface area contributed by atoms with Crippen molar-refractivity contribution in [1.29, 1.82) is 0 Å². The number of anilines is 4. The van der Waals surface area contributed by atoms with Gasteiger partial charge in [0.15, 0.2) is 17.5 Å². The Bertz CT molecular complexity index is 3540. The molecule has 8 aromatic carbocycles. The summed E-state index contributed by atoms with van der Waals surface area (Å²) in [6.07, 6.45) is 1.87. The van der Waals surface area contributed by atoms with Gasteiger partial charge in [-0.15, -0.1) is 0 Å². The summed E-state index contributed by atoms with van der Waals surface area (Å²) in [5.74, 6) is 2.68. The summed E-state index contributed by atoms with van der Waals surface area (Å²) in [6, 6.07) is 72.9. The zero-order valence-electron chi connectivity index (χ0n) is 36.5. The lowest BCUT2D eigenvalue weighted by Crippen LogP contribution is -2.25. The third-order valence-corrected chi connectivity index (χ3v) is 12.6. The molecule has 0 radical (unpaired) electrons. The fourth-order valence-corrected chi connectivity index (χ4v) is 9.44. The molecule has 7 heteroatoms. The van der Waals surface area contributed by atoms with E-state index in [2.05, 4.69) is 228 Å². The standard InChI is InChI=1S/C59H43N7/c1-39-27-29-43(30-28-39)57-61-58(63-59(62-57)45-31-32-50-49-21-9-10-24-51(49)66(54(50)37-45)55-35-40(2)33-34-60-55)44-19-13-20-46(36-44)64-38-65(53-26-12-11-25-52(53)64)56-47(41-15-5-3-6-16-41)22-14-23-48(56)42-17-7-4-8-18-42/h3-37H,38H2,1-2H3. The highest BCUT2D eigenvalue weighted by atomic mass is 15.4. The Kier molecular flexibility index (Phi) is 9.53. The van der Waals surface area contributed by atoms with Crippen LogP contribution in [0.1, 0.15) is 11.1 Å². The van der Waals surface area contributed by atoms with E-state index < -0.39 is 0 Å². The first kappa shape index (κ1) is 39.0. The molecule has 1 aliphatic rings. The normalized spacial score (nSPS) is 12.3. The third-order valence-electron chi connectivity index (χ3n) is 12.6. The van der Waals surface area contributed by atoms with Gasteiger partial charge in [-0.2, -0.15) is 0 Å². The topological polar surface area (TPSA) is 63.0 Å². The fraction of sp³-hybridized carbons (Fsp3) is 0.0508. The van der Waals surface area contributed by atoms with Crippen molar-refractivity contribution < 1.29 is 0 Å². The van der Waals surface area contributed by atoms with E-state index in [1.807, 2.05) is 12.3 Å². The number of aromatic nitrogens is 5. The first-order valence-electron chi connectivity index (χ1n) is 22.3. The summed E-state index contributed by atoms with van der Waals surface area (Å²) in [4.78, 5) is 25.3. The molecule has 0 spiro atoms. The van der Waals surface area contributed by atoms with Gasteiger partial charge in [0.25, 0.3) is 0 Å². The van der Waals surface area contributed by atoms with Crippen LogP contribution in [-0.4, -0.2) is 31.2 Å². The highest BCUT2D eigenvalue weighted by molar-refractivity contribution is 6.10. The third kappa shape index (κ3) is 6.85. The van der Waals surface area contributed by atoms with Gasteiger partial charge in [-0.05, 0) is 79.1 Å². The van der Waals surface area contributed by atoms with Gasteiger partial charge < -0.3 is 9.80 Å². The molecule has 314 valence electrons.